The van der Waals surface area contributed by atoms with Gasteiger partial charge in [-0.3, -0.25) is 4.79 Å². The van der Waals surface area contributed by atoms with Gasteiger partial charge in [-0.2, -0.15) is 0 Å². The van der Waals surface area contributed by atoms with Crippen molar-refractivity contribution >= 4 is 28.9 Å². The highest BCUT2D eigenvalue weighted by Crippen LogP contribution is 2.43. The molecule has 0 spiro atoms. The Morgan fingerprint density at radius 1 is 0.972 bits per heavy atom. The van der Waals surface area contributed by atoms with Crippen molar-refractivity contribution in [3.8, 4) is 0 Å². The van der Waals surface area contributed by atoms with Gasteiger partial charge in [-0.25, -0.2) is 0 Å². The second-order valence-corrected chi connectivity index (χ2v) is 23.3. The van der Waals surface area contributed by atoms with Gasteiger partial charge in [0.2, 0.25) is 0 Å². The first-order chi connectivity index (χ1) is 16.3. The van der Waals surface area contributed by atoms with E-state index in [-0.39, 0.29) is 52.8 Å². The first-order valence-electron chi connectivity index (χ1n) is 13.5. The van der Waals surface area contributed by atoms with Crippen molar-refractivity contribution < 1.29 is 32.7 Å². The van der Waals surface area contributed by atoms with Crippen LogP contribution in [-0.4, -0.2) is 72.1 Å². The smallest absolute Gasteiger partial charge is 0.303 e. The minimum absolute atomic E-state index is 0.0627. The van der Waals surface area contributed by atoms with E-state index in [1.807, 2.05) is 6.92 Å². The minimum atomic E-state index is -2.07. The van der Waals surface area contributed by atoms with Gasteiger partial charge in [0, 0.05) is 32.3 Å². The lowest BCUT2D eigenvalue weighted by atomic mass is 9.82. The number of carbonyl (C=O) groups excluding carboxylic acids is 2. The second-order valence-electron chi connectivity index (χ2n) is 13.7. The molecule has 7 nitrogen and oxygen atoms in total. The molecule has 2 aliphatic rings. The average molecular weight is 545 g/mol. The highest BCUT2D eigenvalue weighted by Gasteiger charge is 2.52. The lowest BCUT2D eigenvalue weighted by Crippen LogP contribution is -2.62. The molecule has 9 heteroatoms. The zero-order valence-corrected chi connectivity index (χ0v) is 26.8. The van der Waals surface area contributed by atoms with Crippen LogP contribution in [-0.2, 0) is 32.7 Å². The maximum Gasteiger partial charge on any atom is 0.303 e. The van der Waals surface area contributed by atoms with E-state index in [0.717, 1.165) is 12.7 Å². The van der Waals surface area contributed by atoms with Gasteiger partial charge < -0.3 is 27.9 Å². The summed E-state index contributed by atoms with van der Waals surface area (Å²) in [6.07, 6.45) is 0.728. The highest BCUT2D eigenvalue weighted by molar-refractivity contribution is 6.74. The molecule has 7 atom stereocenters. The van der Waals surface area contributed by atoms with Gasteiger partial charge in [0.25, 0.3) is 0 Å². The van der Waals surface area contributed by atoms with Crippen LogP contribution in [0.15, 0.2) is 0 Å². The van der Waals surface area contributed by atoms with Crippen molar-refractivity contribution in [3.05, 3.63) is 0 Å². The molecule has 0 aromatic carbocycles. The molecule has 3 unspecified atom stereocenters. The van der Waals surface area contributed by atoms with E-state index in [2.05, 4.69) is 67.7 Å². The van der Waals surface area contributed by atoms with E-state index in [0.29, 0.717) is 13.0 Å². The Morgan fingerprint density at radius 2 is 1.56 bits per heavy atom. The summed E-state index contributed by atoms with van der Waals surface area (Å²) in [6.45, 7) is 26.6. The van der Waals surface area contributed by atoms with Crippen molar-refractivity contribution in [1.82, 2.24) is 0 Å². The Kier molecular flexibility index (Phi) is 10.2. The van der Waals surface area contributed by atoms with Crippen molar-refractivity contribution in [2.75, 3.05) is 6.61 Å². The lowest BCUT2D eigenvalue weighted by Gasteiger charge is -2.52. The van der Waals surface area contributed by atoms with Gasteiger partial charge in [-0.05, 0) is 42.7 Å². The molecule has 0 radical (unpaired) electrons. The summed E-state index contributed by atoms with van der Waals surface area (Å²) >= 11 is 0. The van der Waals surface area contributed by atoms with Crippen LogP contribution in [0.25, 0.3) is 0 Å². The summed E-state index contributed by atoms with van der Waals surface area (Å²) in [7, 11) is -3.96. The summed E-state index contributed by atoms with van der Waals surface area (Å²) in [6, 6.07) is 0. The van der Waals surface area contributed by atoms with Gasteiger partial charge in [-0.15, -0.1) is 0 Å². The molecule has 0 amide bonds. The van der Waals surface area contributed by atoms with Crippen LogP contribution < -0.4 is 0 Å². The molecular formula is C27H52O7Si2. The predicted molar refractivity (Wildman–Crippen MR) is 147 cm³/mol. The maximum atomic E-state index is 11.8. The molecular weight excluding hydrogens is 492 g/mol. The van der Waals surface area contributed by atoms with E-state index < -0.39 is 28.8 Å². The first-order valence-corrected chi connectivity index (χ1v) is 19.4. The van der Waals surface area contributed by atoms with E-state index in [1.165, 1.54) is 6.92 Å². The van der Waals surface area contributed by atoms with Gasteiger partial charge in [0.15, 0.2) is 16.6 Å². The number of carbonyl (C=O) groups is 2. The Morgan fingerprint density at radius 3 is 2.06 bits per heavy atom. The molecule has 2 aliphatic heterocycles. The number of fused-ring (bicyclic) bond motifs is 1. The molecule has 0 bridgehead atoms. The van der Waals surface area contributed by atoms with Crippen molar-refractivity contribution in [3.63, 3.8) is 0 Å². The fourth-order valence-electron chi connectivity index (χ4n) is 4.55. The van der Waals surface area contributed by atoms with Crippen molar-refractivity contribution in [2.24, 2.45) is 5.92 Å². The topological polar surface area (TPSA) is 80.3 Å². The average Bonchev–Trinajstić information content (AvgIpc) is 2.69. The molecule has 0 saturated carbocycles. The third kappa shape index (κ3) is 7.50. The number of hydrogen-bond acceptors (Lipinski definition) is 7. The lowest BCUT2D eigenvalue weighted by molar-refractivity contribution is -0.266. The van der Waals surface area contributed by atoms with Gasteiger partial charge in [0.1, 0.15) is 18.5 Å². The van der Waals surface area contributed by atoms with Gasteiger partial charge in [0.05, 0.1) is 24.4 Å². The normalized spacial score (nSPS) is 32.1. The summed E-state index contributed by atoms with van der Waals surface area (Å²) < 4.78 is 32.2. The first kappa shape index (κ1) is 31.6. The molecule has 0 aromatic rings. The molecule has 0 aliphatic carbocycles. The van der Waals surface area contributed by atoms with E-state index in [4.69, 9.17) is 23.1 Å². The van der Waals surface area contributed by atoms with Crippen LogP contribution in [0.4, 0.5) is 0 Å². The minimum Gasteiger partial charge on any atom is -0.459 e. The van der Waals surface area contributed by atoms with E-state index >= 15 is 0 Å². The fraction of sp³-hybridized carbons (Fsp3) is 0.926. The zero-order valence-electron chi connectivity index (χ0n) is 24.8. The van der Waals surface area contributed by atoms with Crippen molar-refractivity contribution in [1.29, 1.82) is 0 Å². The molecule has 0 aromatic heterocycles. The Balaban J connectivity index is 2.28. The number of aldehydes is 1. The largest absolute Gasteiger partial charge is 0.459 e. The summed E-state index contributed by atoms with van der Waals surface area (Å²) in [4.78, 5) is 23.2. The number of ether oxygens (including phenoxy) is 3. The van der Waals surface area contributed by atoms with E-state index in [1.54, 1.807) is 0 Å². The third-order valence-corrected chi connectivity index (χ3v) is 17.9. The molecule has 2 heterocycles. The fourth-order valence-corrected chi connectivity index (χ4v) is 6.97. The number of esters is 1. The van der Waals surface area contributed by atoms with Crippen LogP contribution in [0, 0.1) is 5.92 Å². The van der Waals surface area contributed by atoms with Crippen LogP contribution in [0.5, 0.6) is 0 Å². The monoisotopic (exact) mass is 544 g/mol. The van der Waals surface area contributed by atoms with Crippen LogP contribution >= 0.6 is 0 Å². The third-order valence-electron chi connectivity index (χ3n) is 8.88. The molecule has 0 N–H and O–H groups in total. The predicted octanol–water partition coefficient (Wildman–Crippen LogP) is 5.87. The standard InChI is InChI=1S/C27H52O7Si2/c1-18-24(31-19(2)29)21(13-15-28)32-23-17-22(34-36(11,12)27(6,7)8)20(33-25(18)23)14-16-30-35(9,10)26(3,4)5/h15,18,20-25H,13-14,16-17H2,1-12H3/t18-,20?,21?,22?,23+,24-,25+/m1/s1. The summed E-state index contributed by atoms with van der Waals surface area (Å²) in [5.74, 6) is -0.478. The molecule has 2 saturated heterocycles. The van der Waals surface area contributed by atoms with Crippen LogP contribution in [0.3, 0.4) is 0 Å². The Labute approximate surface area is 221 Å². The van der Waals surface area contributed by atoms with Crippen molar-refractivity contribution in [2.45, 2.75) is 148 Å². The van der Waals surface area contributed by atoms with Crippen LogP contribution in [0.1, 0.15) is 74.7 Å². The quantitative estimate of drug-likeness (QED) is 0.204. The molecule has 210 valence electrons. The number of hydrogen-bond donors (Lipinski definition) is 0. The highest BCUT2D eigenvalue weighted by atomic mass is 28.4. The van der Waals surface area contributed by atoms with Crippen LogP contribution in [0.2, 0.25) is 36.3 Å². The second kappa shape index (κ2) is 11.7. The summed E-state index contributed by atoms with van der Waals surface area (Å²) in [5, 5.41) is 0.201. The Hall–Kier alpha value is -0.586. The zero-order chi connectivity index (χ0) is 27.7. The molecule has 36 heavy (non-hydrogen) atoms. The summed E-state index contributed by atoms with van der Waals surface area (Å²) in [5.41, 5.74) is 0. The van der Waals surface area contributed by atoms with Gasteiger partial charge >= 0.3 is 5.97 Å². The van der Waals surface area contributed by atoms with E-state index in [9.17, 15) is 9.59 Å². The maximum absolute atomic E-state index is 11.8. The number of rotatable bonds is 9. The van der Waals surface area contributed by atoms with Gasteiger partial charge in [-0.1, -0.05) is 48.5 Å². The molecule has 2 rings (SSSR count). The SMILES string of the molecule is CC(=O)O[C@H]1C(CC=O)O[C@H]2CC(O[Si](C)(C)C(C)(C)C)C(CCO[Si](C)(C)C(C)(C)C)O[C@H]2[C@@H]1C. The molecule has 2 fully saturated rings. The Bertz CT molecular complexity index is 756.